The van der Waals surface area contributed by atoms with Crippen LogP contribution in [0.2, 0.25) is 0 Å². The van der Waals surface area contributed by atoms with E-state index < -0.39 is 11.2 Å². The highest BCUT2D eigenvalue weighted by molar-refractivity contribution is 6.19. The predicted octanol–water partition coefficient (Wildman–Crippen LogP) is 2.75. The zero-order chi connectivity index (χ0) is 15.7. The van der Waals surface area contributed by atoms with Crippen molar-refractivity contribution in [2.24, 2.45) is 0 Å². The summed E-state index contributed by atoms with van der Waals surface area (Å²) < 4.78 is 1.52. The number of aromatic amines is 1. The number of para-hydroxylation sites is 1. The first-order valence-electron chi connectivity index (χ1n) is 7.32. The minimum atomic E-state index is -0.459. The lowest BCUT2D eigenvalue weighted by Gasteiger charge is -2.10. The number of fused-ring (bicyclic) bond motifs is 5. The molecule has 5 rings (SSSR count). The Kier molecular flexibility index (Phi) is 2.92. The van der Waals surface area contributed by atoms with Gasteiger partial charge < -0.3 is 0 Å². The van der Waals surface area contributed by atoms with E-state index in [4.69, 9.17) is 0 Å². The van der Waals surface area contributed by atoms with E-state index in [1.165, 1.54) is 4.40 Å². The molecule has 0 amide bonds. The predicted molar refractivity (Wildman–Crippen MR) is 95.7 cm³/mol. The van der Waals surface area contributed by atoms with Crippen LogP contribution in [0.3, 0.4) is 0 Å². The molecule has 118 valence electrons. The molecule has 1 aliphatic carbocycles. The van der Waals surface area contributed by atoms with Gasteiger partial charge in [-0.1, -0.05) is 24.3 Å². The van der Waals surface area contributed by atoms with Gasteiger partial charge in [-0.15, -0.1) is 12.4 Å². The van der Waals surface area contributed by atoms with Crippen LogP contribution in [0.25, 0.3) is 33.3 Å². The molecule has 0 fully saturated rings. The van der Waals surface area contributed by atoms with Crippen LogP contribution < -0.4 is 11.2 Å². The Morgan fingerprint density at radius 3 is 2.62 bits per heavy atom. The van der Waals surface area contributed by atoms with Crippen molar-refractivity contribution in [1.82, 2.24) is 9.38 Å². The summed E-state index contributed by atoms with van der Waals surface area (Å²) in [6, 6.07) is 8.92. The van der Waals surface area contributed by atoms with Gasteiger partial charge in [0, 0.05) is 22.8 Å². The molecule has 0 saturated carbocycles. The summed E-state index contributed by atoms with van der Waals surface area (Å²) in [5.74, 6) is 0.0665. The number of ketones is 1. The number of halogens is 1. The minimum Gasteiger partial charge on any atom is -0.294 e. The van der Waals surface area contributed by atoms with E-state index in [-0.39, 0.29) is 18.2 Å². The number of aromatic nitrogens is 2. The lowest BCUT2D eigenvalue weighted by molar-refractivity contribution is 0.0994. The first-order valence-corrected chi connectivity index (χ1v) is 7.32. The van der Waals surface area contributed by atoms with Gasteiger partial charge in [-0.05, 0) is 23.8 Å². The monoisotopic (exact) mass is 338 g/mol. The summed E-state index contributed by atoms with van der Waals surface area (Å²) >= 11 is 0. The summed E-state index contributed by atoms with van der Waals surface area (Å²) in [5.41, 5.74) is 1.94. The molecule has 4 aromatic rings. The van der Waals surface area contributed by atoms with Crippen LogP contribution in [0.15, 0.2) is 46.0 Å². The quantitative estimate of drug-likeness (QED) is 0.536. The second kappa shape index (κ2) is 4.79. The largest absolute Gasteiger partial charge is 0.333 e. The minimum absolute atomic E-state index is 0. The molecule has 6 heteroatoms. The summed E-state index contributed by atoms with van der Waals surface area (Å²) in [6.07, 6.45) is 4.15. The van der Waals surface area contributed by atoms with Crippen molar-refractivity contribution in [3.8, 4) is 0 Å². The third-order valence-electron chi connectivity index (χ3n) is 4.55. The van der Waals surface area contributed by atoms with Crippen LogP contribution in [-0.4, -0.2) is 15.2 Å². The zero-order valence-electron chi connectivity index (χ0n) is 12.3. The maximum absolute atomic E-state index is 12.3. The van der Waals surface area contributed by atoms with Crippen molar-refractivity contribution in [3.05, 3.63) is 68.4 Å². The summed E-state index contributed by atoms with van der Waals surface area (Å²) in [5, 5.41) is 2.13. The first kappa shape index (κ1) is 14.7. The molecule has 0 unspecified atom stereocenters. The van der Waals surface area contributed by atoms with Gasteiger partial charge in [0.1, 0.15) is 0 Å². The van der Waals surface area contributed by atoms with Crippen molar-refractivity contribution in [2.75, 3.05) is 0 Å². The van der Waals surface area contributed by atoms with Crippen LogP contribution >= 0.6 is 12.4 Å². The Hall–Kier alpha value is -2.92. The van der Waals surface area contributed by atoms with Crippen LogP contribution in [0.5, 0.6) is 0 Å². The number of carbonyl (C=O) groups is 1. The number of Topliss-reactive ketones (excluding diaryl/α,β-unsaturated/α-hetero) is 1. The fourth-order valence-corrected chi connectivity index (χ4v) is 3.61. The fourth-order valence-electron chi connectivity index (χ4n) is 3.61. The molecule has 24 heavy (non-hydrogen) atoms. The molecule has 0 atom stereocenters. The number of nitrogens with zero attached hydrogens (tertiary/aromatic N) is 1. The molecule has 0 aliphatic heterocycles. The number of H-pyrrole nitrogens is 1. The summed E-state index contributed by atoms with van der Waals surface area (Å²) in [6.45, 7) is 0. The number of benzene rings is 2. The van der Waals surface area contributed by atoms with Gasteiger partial charge in [0.15, 0.2) is 5.78 Å². The van der Waals surface area contributed by atoms with Crippen LogP contribution in [0, 0.1) is 0 Å². The van der Waals surface area contributed by atoms with E-state index in [0.29, 0.717) is 28.4 Å². The van der Waals surface area contributed by atoms with E-state index >= 15 is 0 Å². The molecule has 0 saturated heterocycles. The maximum atomic E-state index is 12.3. The average molecular weight is 339 g/mol. The smallest absolute Gasteiger partial charge is 0.294 e. The van der Waals surface area contributed by atoms with Crippen molar-refractivity contribution >= 4 is 51.5 Å². The van der Waals surface area contributed by atoms with E-state index in [2.05, 4.69) is 4.98 Å². The van der Waals surface area contributed by atoms with E-state index in [1.54, 1.807) is 24.3 Å². The molecular weight excluding hydrogens is 328 g/mol. The average Bonchev–Trinajstić information content (AvgIpc) is 2.89. The molecule has 0 radical (unpaired) electrons. The topological polar surface area (TPSA) is 71.4 Å². The summed E-state index contributed by atoms with van der Waals surface area (Å²) in [4.78, 5) is 38.9. The Balaban J connectivity index is 0.00000146. The second-order valence-electron chi connectivity index (χ2n) is 5.75. The molecule has 2 heterocycles. The van der Waals surface area contributed by atoms with Crippen molar-refractivity contribution in [1.29, 1.82) is 0 Å². The van der Waals surface area contributed by atoms with Gasteiger partial charge in [0.25, 0.3) is 5.56 Å². The van der Waals surface area contributed by atoms with Crippen molar-refractivity contribution in [3.63, 3.8) is 0 Å². The molecule has 1 N–H and O–H groups in total. The molecule has 1 aliphatic rings. The van der Waals surface area contributed by atoms with E-state index in [1.807, 2.05) is 18.2 Å². The SMILES string of the molecule is Cl.O=C1CC=Cc2c1ccc1c2c2cccc3c(=O)[nH]c(=O)n1c32. The van der Waals surface area contributed by atoms with Crippen molar-refractivity contribution < 1.29 is 4.79 Å². The Morgan fingerprint density at radius 2 is 1.79 bits per heavy atom. The third-order valence-corrected chi connectivity index (χ3v) is 4.55. The normalized spacial score (nSPS) is 13.6. The zero-order valence-corrected chi connectivity index (χ0v) is 13.1. The fraction of sp³-hybridized carbons (Fsp3) is 0.0556. The Morgan fingerprint density at radius 1 is 1.00 bits per heavy atom. The third kappa shape index (κ3) is 1.62. The number of carbonyl (C=O) groups excluding carboxylic acids is 1. The van der Waals surface area contributed by atoms with E-state index in [0.717, 1.165) is 16.3 Å². The lowest BCUT2D eigenvalue weighted by atomic mass is 9.92. The number of nitrogens with one attached hydrogen (secondary N) is 1. The van der Waals surface area contributed by atoms with Gasteiger partial charge in [-0.3, -0.25) is 19.0 Å². The first-order chi connectivity index (χ1) is 11.2. The van der Waals surface area contributed by atoms with Crippen LogP contribution in [0.1, 0.15) is 22.3 Å². The standard InChI is InChI=1S/C18H10N2O3.ClH/c21-14-6-2-3-10-9(14)7-8-13-15(10)11-4-1-5-12-16(11)20(13)18(23)19-17(12)22;/h1-5,7-8H,6H2,(H,19,22,23);1H. The van der Waals surface area contributed by atoms with Gasteiger partial charge in [-0.25, -0.2) is 4.79 Å². The lowest BCUT2D eigenvalue weighted by Crippen LogP contribution is -2.25. The van der Waals surface area contributed by atoms with Gasteiger partial charge in [0.05, 0.1) is 16.4 Å². The highest BCUT2D eigenvalue weighted by Gasteiger charge is 2.21. The van der Waals surface area contributed by atoms with Gasteiger partial charge >= 0.3 is 5.69 Å². The van der Waals surface area contributed by atoms with Gasteiger partial charge in [0.2, 0.25) is 0 Å². The van der Waals surface area contributed by atoms with Crippen molar-refractivity contribution in [2.45, 2.75) is 6.42 Å². The highest BCUT2D eigenvalue weighted by Crippen LogP contribution is 2.35. The van der Waals surface area contributed by atoms with Crippen LogP contribution in [0.4, 0.5) is 0 Å². The summed E-state index contributed by atoms with van der Waals surface area (Å²) in [7, 11) is 0. The van der Waals surface area contributed by atoms with Crippen LogP contribution in [-0.2, 0) is 0 Å². The molecule has 5 nitrogen and oxygen atoms in total. The highest BCUT2D eigenvalue weighted by atomic mass is 35.5. The number of rotatable bonds is 0. The molecule has 0 spiro atoms. The molecule has 2 aromatic heterocycles. The number of allylic oxidation sites excluding steroid dienone is 1. The molecule has 2 aromatic carbocycles. The number of hydrogen-bond acceptors (Lipinski definition) is 3. The number of hydrogen-bond donors (Lipinski definition) is 1. The maximum Gasteiger partial charge on any atom is 0.333 e. The Bertz CT molecular complexity index is 1300. The molecular formula is C18H11ClN2O3. The van der Waals surface area contributed by atoms with E-state index in [9.17, 15) is 14.4 Å². The van der Waals surface area contributed by atoms with Gasteiger partial charge in [-0.2, -0.15) is 0 Å². The second-order valence-corrected chi connectivity index (χ2v) is 5.75. The Labute approximate surface area is 141 Å². The molecule has 0 bridgehead atoms.